The number of benzene rings is 2. The lowest BCUT2D eigenvalue weighted by atomic mass is 10.2. The fourth-order valence-electron chi connectivity index (χ4n) is 3.29. The number of anilines is 1. The third-order valence-electron chi connectivity index (χ3n) is 5.07. The molecule has 4 rings (SSSR count). The largest absolute Gasteiger partial charge is 0.441 e. The molecule has 2 aromatic carbocycles. The number of pyridine rings is 1. The van der Waals surface area contributed by atoms with E-state index in [0.717, 1.165) is 6.07 Å². The van der Waals surface area contributed by atoms with E-state index in [9.17, 15) is 17.6 Å². The van der Waals surface area contributed by atoms with Gasteiger partial charge < -0.3 is 9.73 Å². The van der Waals surface area contributed by atoms with Crippen LogP contribution in [0.4, 0.5) is 10.1 Å². The third kappa shape index (κ3) is 4.96. The van der Waals surface area contributed by atoms with Gasteiger partial charge in [-0.05, 0) is 56.3 Å². The molecule has 0 radical (unpaired) electrons. The summed E-state index contributed by atoms with van der Waals surface area (Å²) in [4.78, 5) is 20.8. The van der Waals surface area contributed by atoms with Gasteiger partial charge in [-0.25, -0.2) is 17.8 Å². The van der Waals surface area contributed by atoms with Crippen molar-refractivity contribution < 1.29 is 22.0 Å². The van der Waals surface area contributed by atoms with Crippen LogP contribution in [0, 0.1) is 19.7 Å². The fraction of sp³-hybridized carbons (Fsp3) is 0.125. The van der Waals surface area contributed by atoms with Crippen molar-refractivity contribution in [2.75, 3.05) is 4.72 Å². The molecule has 34 heavy (non-hydrogen) atoms. The van der Waals surface area contributed by atoms with E-state index >= 15 is 0 Å². The summed E-state index contributed by atoms with van der Waals surface area (Å²) in [5.74, 6) is -0.302. The maximum Gasteiger partial charge on any atom is 0.262 e. The van der Waals surface area contributed by atoms with Crippen LogP contribution in [0.15, 0.2) is 76.2 Å². The molecule has 0 saturated carbocycles. The van der Waals surface area contributed by atoms with Crippen LogP contribution in [-0.2, 0) is 16.6 Å². The molecule has 2 aromatic heterocycles. The lowest BCUT2D eigenvalue weighted by Gasteiger charge is -2.11. The predicted octanol–water partition coefficient (Wildman–Crippen LogP) is 4.22. The summed E-state index contributed by atoms with van der Waals surface area (Å²) in [6.45, 7) is 3.56. The van der Waals surface area contributed by atoms with Gasteiger partial charge >= 0.3 is 0 Å². The summed E-state index contributed by atoms with van der Waals surface area (Å²) in [5.41, 5.74) is 2.17. The number of nitrogens with one attached hydrogen (secondary N) is 2. The number of rotatable bonds is 7. The molecule has 1 amide bonds. The maximum atomic E-state index is 13.5. The molecular formula is C24H21FN4O4S. The van der Waals surface area contributed by atoms with Crippen LogP contribution in [0.3, 0.4) is 0 Å². The van der Waals surface area contributed by atoms with Gasteiger partial charge in [0.05, 0.1) is 28.3 Å². The Bertz CT molecular complexity index is 1470. The number of oxazole rings is 1. The minimum Gasteiger partial charge on any atom is -0.441 e. The summed E-state index contributed by atoms with van der Waals surface area (Å²) in [7, 11) is -4.05. The molecule has 0 atom stereocenters. The summed E-state index contributed by atoms with van der Waals surface area (Å²) in [5, 5.41) is 2.79. The van der Waals surface area contributed by atoms with Gasteiger partial charge in [-0.3, -0.25) is 14.5 Å². The molecule has 0 spiro atoms. The van der Waals surface area contributed by atoms with Crippen molar-refractivity contribution in [2.24, 2.45) is 0 Å². The lowest BCUT2D eigenvalue weighted by Crippen LogP contribution is -2.24. The van der Waals surface area contributed by atoms with E-state index in [1.807, 2.05) is 0 Å². The fourth-order valence-corrected chi connectivity index (χ4v) is 4.40. The zero-order valence-corrected chi connectivity index (χ0v) is 19.2. The molecule has 0 fully saturated rings. The summed E-state index contributed by atoms with van der Waals surface area (Å²) in [6.07, 6.45) is 1.61. The topological polar surface area (TPSA) is 114 Å². The first-order valence-electron chi connectivity index (χ1n) is 10.3. The Balaban J connectivity index is 1.57. The minimum absolute atomic E-state index is 0.111. The summed E-state index contributed by atoms with van der Waals surface area (Å²) < 4.78 is 47.3. The van der Waals surface area contributed by atoms with Gasteiger partial charge in [0.1, 0.15) is 17.3 Å². The first kappa shape index (κ1) is 23.1. The highest BCUT2D eigenvalue weighted by Crippen LogP contribution is 2.30. The average Bonchev–Trinajstić information content (AvgIpc) is 3.18. The SMILES string of the molecule is Cc1ncccc1C(=O)NCc1nc(-c2ccccc2NS(=O)(=O)c2cccc(F)c2)oc1C. The molecule has 2 N–H and O–H groups in total. The zero-order valence-electron chi connectivity index (χ0n) is 18.4. The Hall–Kier alpha value is -4.05. The van der Waals surface area contributed by atoms with Crippen LogP contribution in [0.5, 0.6) is 0 Å². The maximum absolute atomic E-state index is 13.5. The monoisotopic (exact) mass is 480 g/mol. The van der Waals surface area contributed by atoms with Crippen molar-refractivity contribution in [3.63, 3.8) is 0 Å². The second kappa shape index (κ2) is 9.44. The quantitative estimate of drug-likeness (QED) is 0.409. The number of halogens is 1. The average molecular weight is 481 g/mol. The Morgan fingerprint density at radius 3 is 2.62 bits per heavy atom. The Labute approximate surface area is 195 Å². The number of para-hydroxylation sites is 1. The van der Waals surface area contributed by atoms with Gasteiger partial charge in [-0.2, -0.15) is 0 Å². The normalized spacial score (nSPS) is 11.3. The van der Waals surface area contributed by atoms with Gasteiger partial charge in [0.25, 0.3) is 15.9 Å². The highest BCUT2D eigenvalue weighted by Gasteiger charge is 2.20. The van der Waals surface area contributed by atoms with Gasteiger partial charge in [-0.15, -0.1) is 0 Å². The number of aromatic nitrogens is 2. The summed E-state index contributed by atoms with van der Waals surface area (Å²) in [6, 6.07) is 14.6. The number of carbonyl (C=O) groups is 1. The van der Waals surface area contributed by atoms with E-state index in [4.69, 9.17) is 4.42 Å². The van der Waals surface area contributed by atoms with Gasteiger partial charge in [0, 0.05) is 11.9 Å². The number of sulfonamides is 1. The second-order valence-electron chi connectivity index (χ2n) is 7.45. The highest BCUT2D eigenvalue weighted by molar-refractivity contribution is 7.92. The van der Waals surface area contributed by atoms with Crippen LogP contribution in [-0.4, -0.2) is 24.3 Å². The van der Waals surface area contributed by atoms with Crippen molar-refractivity contribution in [2.45, 2.75) is 25.3 Å². The van der Waals surface area contributed by atoms with E-state index in [2.05, 4.69) is 20.0 Å². The molecule has 8 nitrogen and oxygen atoms in total. The van der Waals surface area contributed by atoms with E-state index in [1.54, 1.807) is 56.4 Å². The molecule has 0 saturated heterocycles. The van der Waals surface area contributed by atoms with Gasteiger partial charge in [0.15, 0.2) is 0 Å². The molecule has 2 heterocycles. The number of nitrogens with zero attached hydrogens (tertiary/aromatic N) is 2. The Morgan fingerprint density at radius 1 is 1.06 bits per heavy atom. The van der Waals surface area contributed by atoms with Crippen LogP contribution < -0.4 is 10.0 Å². The van der Waals surface area contributed by atoms with Crippen molar-refractivity contribution in [1.29, 1.82) is 0 Å². The first-order chi connectivity index (χ1) is 16.2. The van der Waals surface area contributed by atoms with Crippen molar-refractivity contribution >= 4 is 21.6 Å². The van der Waals surface area contributed by atoms with Crippen LogP contribution in [0.1, 0.15) is 27.5 Å². The highest BCUT2D eigenvalue weighted by atomic mass is 32.2. The van der Waals surface area contributed by atoms with Crippen molar-refractivity contribution in [1.82, 2.24) is 15.3 Å². The first-order valence-corrected chi connectivity index (χ1v) is 11.8. The molecular weight excluding hydrogens is 459 g/mol. The molecule has 174 valence electrons. The van der Waals surface area contributed by atoms with E-state index in [-0.39, 0.29) is 28.9 Å². The predicted molar refractivity (Wildman–Crippen MR) is 124 cm³/mol. The minimum atomic E-state index is -4.05. The molecule has 0 aliphatic carbocycles. The van der Waals surface area contributed by atoms with E-state index < -0.39 is 15.8 Å². The number of carbonyl (C=O) groups excluding carboxylic acids is 1. The molecule has 0 aliphatic heterocycles. The van der Waals surface area contributed by atoms with Crippen LogP contribution in [0.25, 0.3) is 11.5 Å². The molecule has 4 aromatic rings. The van der Waals surface area contributed by atoms with Crippen LogP contribution in [0.2, 0.25) is 0 Å². The molecule has 0 bridgehead atoms. The molecule has 0 unspecified atom stereocenters. The number of amides is 1. The summed E-state index contributed by atoms with van der Waals surface area (Å²) >= 11 is 0. The standard InChI is InChI=1S/C24H21FN4O4S/c1-15-19(10-6-12-26-15)23(30)27-14-22-16(2)33-24(28-22)20-9-3-4-11-21(20)29-34(31,32)18-8-5-7-17(25)13-18/h3-13,29H,14H2,1-2H3,(H,27,30). The van der Waals surface area contributed by atoms with E-state index in [0.29, 0.717) is 28.3 Å². The van der Waals surface area contributed by atoms with Crippen molar-refractivity contribution in [3.8, 4) is 11.5 Å². The number of hydrogen-bond donors (Lipinski definition) is 2. The smallest absolute Gasteiger partial charge is 0.262 e. The van der Waals surface area contributed by atoms with Crippen molar-refractivity contribution in [3.05, 3.63) is 95.4 Å². The zero-order chi connectivity index (χ0) is 24.3. The second-order valence-corrected chi connectivity index (χ2v) is 9.13. The molecule has 10 heteroatoms. The Kier molecular flexibility index (Phi) is 6.42. The number of hydrogen-bond acceptors (Lipinski definition) is 6. The van der Waals surface area contributed by atoms with Gasteiger partial charge in [-0.1, -0.05) is 18.2 Å². The lowest BCUT2D eigenvalue weighted by molar-refractivity contribution is 0.0949. The molecule has 0 aliphatic rings. The van der Waals surface area contributed by atoms with E-state index in [1.165, 1.54) is 18.2 Å². The third-order valence-corrected chi connectivity index (χ3v) is 6.43. The van der Waals surface area contributed by atoms with Crippen LogP contribution >= 0.6 is 0 Å². The van der Waals surface area contributed by atoms with Gasteiger partial charge in [0.2, 0.25) is 5.89 Å². The Morgan fingerprint density at radius 2 is 1.85 bits per heavy atom. The number of aryl methyl sites for hydroxylation is 2.